The molecule has 1 aromatic rings. The Bertz CT molecular complexity index is 231. The molecule has 60 valence electrons. The molecule has 11 heavy (non-hydrogen) atoms. The summed E-state index contributed by atoms with van der Waals surface area (Å²) in [5.41, 5.74) is 0. The Morgan fingerprint density at radius 3 is 2.73 bits per heavy atom. The smallest absolute Gasteiger partial charge is 0.153 e. The molecule has 0 saturated heterocycles. The first-order valence-corrected chi connectivity index (χ1v) is 4.18. The van der Waals surface area contributed by atoms with E-state index in [1.165, 1.54) is 12.8 Å². The van der Waals surface area contributed by atoms with Crippen LogP contribution >= 0.6 is 0 Å². The molecule has 2 rings (SSSR count). The number of rotatable bonds is 2. The van der Waals surface area contributed by atoms with Crippen LogP contribution in [0.1, 0.15) is 44.5 Å². The standard InChI is InChI=1S/C8H13N3/c1-6(2)11-5-9-8(10-11)7-3-4-7/h5-7H,3-4H2,1-2H3. The molecule has 0 bridgehead atoms. The van der Waals surface area contributed by atoms with Crippen LogP contribution in [0.15, 0.2) is 6.33 Å². The average Bonchev–Trinajstić information content (AvgIpc) is 2.68. The summed E-state index contributed by atoms with van der Waals surface area (Å²) in [6, 6.07) is 0.440. The second-order valence-electron chi connectivity index (χ2n) is 3.45. The molecule has 0 spiro atoms. The summed E-state index contributed by atoms with van der Waals surface area (Å²) in [6.07, 6.45) is 4.39. The Balaban J connectivity index is 2.18. The molecule has 0 aliphatic heterocycles. The van der Waals surface area contributed by atoms with Gasteiger partial charge >= 0.3 is 0 Å². The van der Waals surface area contributed by atoms with Crippen molar-refractivity contribution >= 4 is 0 Å². The third-order valence-corrected chi connectivity index (χ3v) is 2.00. The van der Waals surface area contributed by atoms with Crippen molar-refractivity contribution in [2.75, 3.05) is 0 Å². The van der Waals surface area contributed by atoms with Gasteiger partial charge in [0.05, 0.1) is 0 Å². The molecule has 3 heteroatoms. The summed E-state index contributed by atoms with van der Waals surface area (Å²) in [5, 5.41) is 4.38. The van der Waals surface area contributed by atoms with Crippen LogP contribution in [0, 0.1) is 0 Å². The van der Waals surface area contributed by atoms with Gasteiger partial charge in [-0.2, -0.15) is 5.10 Å². The maximum Gasteiger partial charge on any atom is 0.153 e. The predicted molar refractivity (Wildman–Crippen MR) is 42.4 cm³/mol. The average molecular weight is 151 g/mol. The minimum atomic E-state index is 0.440. The van der Waals surface area contributed by atoms with Crippen molar-refractivity contribution in [2.24, 2.45) is 0 Å². The Kier molecular flexibility index (Phi) is 1.44. The normalized spacial score (nSPS) is 17.7. The van der Waals surface area contributed by atoms with Gasteiger partial charge < -0.3 is 0 Å². The molecule has 1 heterocycles. The van der Waals surface area contributed by atoms with Crippen molar-refractivity contribution in [3.63, 3.8) is 0 Å². The van der Waals surface area contributed by atoms with Gasteiger partial charge in [0, 0.05) is 12.0 Å². The fourth-order valence-electron chi connectivity index (χ4n) is 1.07. The molecule has 1 saturated carbocycles. The highest BCUT2D eigenvalue weighted by Gasteiger charge is 2.27. The Labute approximate surface area is 66.4 Å². The molecular formula is C8H13N3. The van der Waals surface area contributed by atoms with E-state index in [1.807, 2.05) is 11.0 Å². The molecule has 3 nitrogen and oxygen atoms in total. The van der Waals surface area contributed by atoms with Crippen molar-refractivity contribution in [3.8, 4) is 0 Å². The van der Waals surface area contributed by atoms with Gasteiger partial charge in [-0.05, 0) is 26.7 Å². The van der Waals surface area contributed by atoms with Crippen LogP contribution in [-0.4, -0.2) is 14.8 Å². The molecule has 0 aromatic carbocycles. The van der Waals surface area contributed by atoms with E-state index in [4.69, 9.17) is 0 Å². The second kappa shape index (κ2) is 2.32. The van der Waals surface area contributed by atoms with Gasteiger partial charge in [0.1, 0.15) is 6.33 Å². The zero-order valence-corrected chi connectivity index (χ0v) is 6.99. The Morgan fingerprint density at radius 2 is 2.27 bits per heavy atom. The van der Waals surface area contributed by atoms with E-state index in [0.29, 0.717) is 12.0 Å². The summed E-state index contributed by atoms with van der Waals surface area (Å²) < 4.78 is 1.92. The quantitative estimate of drug-likeness (QED) is 0.644. The van der Waals surface area contributed by atoms with Crippen LogP contribution in [0.25, 0.3) is 0 Å². The summed E-state index contributed by atoms with van der Waals surface area (Å²) in [5.74, 6) is 1.72. The maximum absolute atomic E-state index is 4.38. The molecular weight excluding hydrogens is 138 g/mol. The molecule has 0 N–H and O–H groups in total. The van der Waals surface area contributed by atoms with Gasteiger partial charge in [-0.25, -0.2) is 4.98 Å². The van der Waals surface area contributed by atoms with Gasteiger partial charge in [-0.3, -0.25) is 4.68 Å². The highest BCUT2D eigenvalue weighted by Crippen LogP contribution is 2.37. The van der Waals surface area contributed by atoms with Gasteiger partial charge in [-0.15, -0.1) is 0 Å². The first-order chi connectivity index (χ1) is 5.27. The highest BCUT2D eigenvalue weighted by molar-refractivity contribution is 5.02. The molecule has 0 atom stereocenters. The van der Waals surface area contributed by atoms with Crippen LogP contribution in [0.3, 0.4) is 0 Å². The fourth-order valence-corrected chi connectivity index (χ4v) is 1.07. The molecule has 1 aliphatic carbocycles. The van der Waals surface area contributed by atoms with E-state index in [2.05, 4.69) is 23.9 Å². The first kappa shape index (κ1) is 6.83. The van der Waals surface area contributed by atoms with Crippen LogP contribution in [0.2, 0.25) is 0 Å². The summed E-state index contributed by atoms with van der Waals surface area (Å²) >= 11 is 0. The Hall–Kier alpha value is -0.860. The SMILES string of the molecule is CC(C)n1cnc(C2CC2)n1. The predicted octanol–water partition coefficient (Wildman–Crippen LogP) is 1.74. The van der Waals surface area contributed by atoms with Gasteiger partial charge in [0.2, 0.25) is 0 Å². The second-order valence-corrected chi connectivity index (χ2v) is 3.45. The van der Waals surface area contributed by atoms with E-state index in [1.54, 1.807) is 0 Å². The van der Waals surface area contributed by atoms with Crippen LogP contribution in [0.4, 0.5) is 0 Å². The molecule has 0 radical (unpaired) electrons. The minimum absolute atomic E-state index is 0.440. The largest absolute Gasteiger partial charge is 0.250 e. The molecule has 0 amide bonds. The lowest BCUT2D eigenvalue weighted by atomic mass is 10.4. The van der Waals surface area contributed by atoms with E-state index in [0.717, 1.165) is 5.82 Å². The van der Waals surface area contributed by atoms with Crippen molar-refractivity contribution in [1.29, 1.82) is 0 Å². The van der Waals surface area contributed by atoms with Gasteiger partial charge in [0.15, 0.2) is 5.82 Å². The molecule has 1 aromatic heterocycles. The van der Waals surface area contributed by atoms with Gasteiger partial charge in [-0.1, -0.05) is 0 Å². The molecule has 1 fully saturated rings. The Morgan fingerprint density at radius 1 is 1.55 bits per heavy atom. The van der Waals surface area contributed by atoms with E-state index in [-0.39, 0.29) is 0 Å². The van der Waals surface area contributed by atoms with E-state index >= 15 is 0 Å². The lowest BCUT2D eigenvalue weighted by molar-refractivity contribution is 0.526. The number of hydrogen-bond acceptors (Lipinski definition) is 2. The molecule has 1 aliphatic rings. The van der Waals surface area contributed by atoms with Crippen LogP contribution in [-0.2, 0) is 0 Å². The fraction of sp³-hybridized carbons (Fsp3) is 0.750. The van der Waals surface area contributed by atoms with Crippen molar-refractivity contribution in [3.05, 3.63) is 12.2 Å². The third-order valence-electron chi connectivity index (χ3n) is 2.00. The summed E-state index contributed by atoms with van der Waals surface area (Å²) in [7, 11) is 0. The number of aromatic nitrogens is 3. The number of hydrogen-bond donors (Lipinski definition) is 0. The maximum atomic E-state index is 4.38. The monoisotopic (exact) mass is 151 g/mol. The summed E-state index contributed by atoms with van der Waals surface area (Å²) in [4.78, 5) is 4.25. The van der Waals surface area contributed by atoms with Gasteiger partial charge in [0.25, 0.3) is 0 Å². The minimum Gasteiger partial charge on any atom is -0.250 e. The zero-order valence-electron chi connectivity index (χ0n) is 6.99. The summed E-state index contributed by atoms with van der Waals surface area (Å²) in [6.45, 7) is 4.23. The number of nitrogens with zero attached hydrogens (tertiary/aromatic N) is 3. The van der Waals surface area contributed by atoms with Crippen molar-refractivity contribution < 1.29 is 0 Å². The lowest BCUT2D eigenvalue weighted by Crippen LogP contribution is -2.01. The first-order valence-electron chi connectivity index (χ1n) is 4.18. The zero-order chi connectivity index (χ0) is 7.84. The third kappa shape index (κ3) is 1.27. The van der Waals surface area contributed by atoms with E-state index in [9.17, 15) is 0 Å². The topological polar surface area (TPSA) is 30.7 Å². The highest BCUT2D eigenvalue weighted by atomic mass is 15.3. The molecule has 0 unspecified atom stereocenters. The van der Waals surface area contributed by atoms with Crippen LogP contribution < -0.4 is 0 Å². The van der Waals surface area contributed by atoms with Crippen molar-refractivity contribution in [2.45, 2.75) is 38.6 Å². The lowest BCUT2D eigenvalue weighted by Gasteiger charge is -2.01. The van der Waals surface area contributed by atoms with E-state index < -0.39 is 0 Å². The van der Waals surface area contributed by atoms with Crippen LogP contribution in [0.5, 0.6) is 0 Å². The van der Waals surface area contributed by atoms with Crippen molar-refractivity contribution in [1.82, 2.24) is 14.8 Å².